The summed E-state index contributed by atoms with van der Waals surface area (Å²) in [6.07, 6.45) is -5.01. The van der Waals surface area contributed by atoms with Crippen LogP contribution >= 0.6 is 0 Å². The molecule has 4 heterocycles. The van der Waals surface area contributed by atoms with Crippen LogP contribution in [0.1, 0.15) is 44.4 Å². The molecule has 2 amide bonds. The van der Waals surface area contributed by atoms with E-state index in [1.54, 1.807) is 37.8 Å². The summed E-state index contributed by atoms with van der Waals surface area (Å²) in [6, 6.07) is 3.98. The van der Waals surface area contributed by atoms with Gasteiger partial charge in [0.05, 0.1) is 36.6 Å². The third kappa shape index (κ3) is 10.1. The number of carbonyl (C=O) groups excluding carboxylic acids is 2. The number of amides is 2. The minimum atomic E-state index is -4.64. The first-order valence-corrected chi connectivity index (χ1v) is 16.7. The Morgan fingerprint density at radius 2 is 1.86 bits per heavy atom. The van der Waals surface area contributed by atoms with Crippen LogP contribution in [0.15, 0.2) is 39.3 Å². The molecule has 1 aromatic carbocycles. The number of piperazine rings is 1. The van der Waals surface area contributed by atoms with E-state index in [-0.39, 0.29) is 56.8 Å². The molecule has 2 saturated heterocycles. The summed E-state index contributed by atoms with van der Waals surface area (Å²) in [5.74, 6) is -1.52. The lowest BCUT2D eigenvalue weighted by atomic mass is 9.94. The molecule has 0 saturated carbocycles. The smallest absolute Gasteiger partial charge is 0.405 e. The number of β-amino-alcohol motifs (C(OH)–C–C–N with tert-alkyl or cyclic N) is 1. The number of aryl methyl sites for hydroxylation is 1. The molecule has 2 fully saturated rings. The number of hydrogen-bond acceptors (Lipinski definition) is 12. The molecule has 2 aliphatic rings. The first-order chi connectivity index (χ1) is 24.1. The van der Waals surface area contributed by atoms with Crippen LogP contribution in [0.5, 0.6) is 0 Å². The van der Waals surface area contributed by atoms with Crippen molar-refractivity contribution in [3.8, 4) is 11.3 Å². The van der Waals surface area contributed by atoms with E-state index >= 15 is 0 Å². The molecule has 0 spiro atoms. The van der Waals surface area contributed by atoms with E-state index in [9.17, 15) is 37.4 Å². The number of carbonyl (C=O) groups is 2. The molecule has 0 radical (unpaired) electrons. The molecule has 51 heavy (non-hydrogen) atoms. The minimum Gasteiger partial charge on any atom is -0.439 e. The number of nitrogens with one attached hydrogen (secondary N) is 2. The van der Waals surface area contributed by atoms with Gasteiger partial charge in [0.15, 0.2) is 5.76 Å². The fourth-order valence-corrected chi connectivity index (χ4v) is 6.32. The monoisotopic (exact) mass is 725 g/mol. The summed E-state index contributed by atoms with van der Waals surface area (Å²) in [6.45, 7) is 4.40. The predicted octanol–water partition coefficient (Wildman–Crippen LogP) is 1.95. The number of halogens is 4. The van der Waals surface area contributed by atoms with E-state index < -0.39 is 66.1 Å². The van der Waals surface area contributed by atoms with Crippen molar-refractivity contribution in [2.75, 3.05) is 45.9 Å². The number of oxazole rings is 1. The number of hydrogen-bond donors (Lipinski definition) is 4. The highest BCUT2D eigenvalue weighted by Gasteiger charge is 2.43. The number of aromatic nitrogens is 3. The molecule has 18 heteroatoms. The van der Waals surface area contributed by atoms with Crippen LogP contribution in [-0.2, 0) is 26.3 Å². The fraction of sp³-hybridized carbons (Fsp3) is 0.606. The molecular formula is C33H43F4N7O7. The van der Waals surface area contributed by atoms with Gasteiger partial charge >= 0.3 is 6.18 Å². The number of aliphatic hydroxyl groups excluding tert-OH is 2. The van der Waals surface area contributed by atoms with Crippen molar-refractivity contribution < 1.29 is 50.9 Å². The summed E-state index contributed by atoms with van der Waals surface area (Å²) in [4.78, 5) is 34.7. The van der Waals surface area contributed by atoms with E-state index in [2.05, 4.69) is 20.5 Å². The number of aliphatic hydroxyl groups is 2. The lowest BCUT2D eigenvalue weighted by Gasteiger charge is -2.46. The molecular weight excluding hydrogens is 682 g/mol. The highest BCUT2D eigenvalue weighted by Crippen LogP contribution is 2.33. The number of nitrogens with zero attached hydrogens (tertiary/aromatic N) is 5. The summed E-state index contributed by atoms with van der Waals surface area (Å²) in [5.41, 5.74) is -0.328. The van der Waals surface area contributed by atoms with Crippen molar-refractivity contribution in [2.24, 2.45) is 5.92 Å². The summed E-state index contributed by atoms with van der Waals surface area (Å²) in [5, 5.41) is 34.2. The van der Waals surface area contributed by atoms with Crippen molar-refractivity contribution in [3.63, 3.8) is 0 Å². The Morgan fingerprint density at radius 3 is 2.53 bits per heavy atom. The van der Waals surface area contributed by atoms with Crippen LogP contribution in [-0.4, -0.2) is 123 Å². The minimum absolute atomic E-state index is 0.0173. The quantitative estimate of drug-likeness (QED) is 0.189. The lowest BCUT2D eigenvalue weighted by Crippen LogP contribution is -2.63. The summed E-state index contributed by atoms with van der Waals surface area (Å²) >= 11 is 0. The number of alkyl halides is 3. The third-order valence-corrected chi connectivity index (χ3v) is 9.22. The maximum absolute atomic E-state index is 13.5. The molecule has 280 valence electrons. The molecule has 0 bridgehead atoms. The zero-order valence-corrected chi connectivity index (χ0v) is 28.5. The van der Waals surface area contributed by atoms with Crippen molar-refractivity contribution in [1.82, 2.24) is 35.6 Å². The van der Waals surface area contributed by atoms with E-state index in [1.165, 1.54) is 18.3 Å². The molecule has 5 rings (SSSR count). The molecule has 0 aliphatic carbocycles. The summed E-state index contributed by atoms with van der Waals surface area (Å²) < 4.78 is 69.6. The molecule has 4 N–H and O–H groups in total. The van der Waals surface area contributed by atoms with Gasteiger partial charge in [-0.25, -0.2) is 9.37 Å². The van der Waals surface area contributed by atoms with Crippen molar-refractivity contribution in [2.45, 2.75) is 76.0 Å². The van der Waals surface area contributed by atoms with Gasteiger partial charge in [0.25, 0.3) is 0 Å². The van der Waals surface area contributed by atoms with Gasteiger partial charge in [-0.2, -0.15) is 13.2 Å². The van der Waals surface area contributed by atoms with Crippen LogP contribution in [0.3, 0.4) is 0 Å². The van der Waals surface area contributed by atoms with Crippen molar-refractivity contribution >= 4 is 11.8 Å². The van der Waals surface area contributed by atoms with Crippen LogP contribution < -0.4 is 10.6 Å². The largest absolute Gasteiger partial charge is 0.439 e. The topological polar surface area (TPSA) is 179 Å². The maximum atomic E-state index is 13.5. The third-order valence-electron chi connectivity index (χ3n) is 9.22. The van der Waals surface area contributed by atoms with Gasteiger partial charge in [0.2, 0.25) is 29.5 Å². The van der Waals surface area contributed by atoms with Gasteiger partial charge in [-0.1, -0.05) is 0 Å². The fourth-order valence-electron chi connectivity index (χ4n) is 6.32. The maximum Gasteiger partial charge on any atom is 0.405 e. The average molecular weight is 726 g/mol. The number of rotatable bonds is 13. The Bertz CT molecular complexity index is 1620. The van der Waals surface area contributed by atoms with E-state index in [0.717, 1.165) is 0 Å². The molecule has 2 aliphatic heterocycles. The number of ether oxygens (including phenoxy) is 1. The van der Waals surface area contributed by atoms with Crippen LogP contribution in [0, 0.1) is 18.7 Å². The Hall–Kier alpha value is -3.97. The second kappa shape index (κ2) is 16.1. The molecule has 3 aromatic rings. The first-order valence-electron chi connectivity index (χ1n) is 16.7. The lowest BCUT2D eigenvalue weighted by molar-refractivity contribution is -0.145. The normalized spacial score (nSPS) is 22.0. The van der Waals surface area contributed by atoms with Crippen LogP contribution in [0.25, 0.3) is 11.3 Å². The zero-order chi connectivity index (χ0) is 36.9. The molecule has 14 nitrogen and oxygen atoms in total. The SMILES string of the molecule is Cc1nnc(C[C@H](C[C@H](O)CN2CCN(C(C)(C)c3ncc(-c4ccc(F)cc4)o3)C[C@H]2C(=O)NCC(F)(F)F)C(=O)N[C@H]2CCOC[C@H]2O)o1. The van der Waals surface area contributed by atoms with Crippen molar-refractivity contribution in [1.29, 1.82) is 0 Å². The Balaban J connectivity index is 1.30. The zero-order valence-electron chi connectivity index (χ0n) is 28.5. The molecule has 2 aromatic heterocycles. The highest BCUT2D eigenvalue weighted by atomic mass is 19.4. The average Bonchev–Trinajstić information content (AvgIpc) is 3.74. The Labute approximate surface area is 291 Å². The van der Waals surface area contributed by atoms with E-state index in [4.69, 9.17) is 13.6 Å². The molecule has 0 unspecified atom stereocenters. The second-order valence-electron chi connectivity index (χ2n) is 13.4. The first kappa shape index (κ1) is 38.3. The van der Waals surface area contributed by atoms with Gasteiger partial charge in [0, 0.05) is 57.6 Å². The van der Waals surface area contributed by atoms with E-state index in [1.807, 2.05) is 10.2 Å². The second-order valence-corrected chi connectivity index (χ2v) is 13.4. The van der Waals surface area contributed by atoms with Crippen LogP contribution in [0.2, 0.25) is 0 Å². The van der Waals surface area contributed by atoms with Crippen molar-refractivity contribution in [3.05, 3.63) is 54.0 Å². The van der Waals surface area contributed by atoms with E-state index in [0.29, 0.717) is 30.9 Å². The number of benzene rings is 1. The van der Waals surface area contributed by atoms with Crippen LogP contribution in [0.4, 0.5) is 17.6 Å². The van der Waals surface area contributed by atoms with Gasteiger partial charge in [-0.3, -0.25) is 19.4 Å². The van der Waals surface area contributed by atoms with Gasteiger partial charge < -0.3 is 34.4 Å². The standard InChI is InChI=1S/C33H43F4N7O7/c1-19-41-42-28(50-19)13-21(29(47)40-24-8-11-49-17-26(24)46)12-23(45)15-43-9-10-44(16-25(43)30(48)39-18-33(35,36)37)32(2,3)31-38-14-27(51-31)20-4-6-22(34)7-5-20/h4-7,14,21,23-26,45-46H,8-13,15-18H2,1-3H3,(H,39,48)(H,40,47)/t21-,23-,24-,25-,26+/m0/s1. The van der Waals surface area contributed by atoms with Gasteiger partial charge in [-0.05, 0) is 51.0 Å². The van der Waals surface area contributed by atoms with Gasteiger partial charge in [0.1, 0.15) is 18.4 Å². The van der Waals surface area contributed by atoms with Gasteiger partial charge in [-0.15, -0.1) is 10.2 Å². The predicted molar refractivity (Wildman–Crippen MR) is 171 cm³/mol. The summed E-state index contributed by atoms with van der Waals surface area (Å²) in [7, 11) is 0. The Kier molecular flexibility index (Phi) is 12.1. The Morgan fingerprint density at radius 1 is 1.12 bits per heavy atom. The molecule has 5 atom stereocenters. The highest BCUT2D eigenvalue weighted by molar-refractivity contribution is 5.82.